The van der Waals surface area contributed by atoms with Crippen LogP contribution in [0.1, 0.15) is 30.5 Å². The summed E-state index contributed by atoms with van der Waals surface area (Å²) in [6.07, 6.45) is 7.04. The van der Waals surface area contributed by atoms with Gasteiger partial charge in [-0.3, -0.25) is 0 Å². The molecule has 21 heavy (non-hydrogen) atoms. The summed E-state index contributed by atoms with van der Waals surface area (Å²) in [5.74, 6) is 1.89. The van der Waals surface area contributed by atoms with E-state index in [0.717, 1.165) is 30.5 Å². The number of hydrogen-bond acceptors (Lipinski definition) is 5. The van der Waals surface area contributed by atoms with Crippen molar-refractivity contribution in [3.05, 3.63) is 35.8 Å². The molecule has 1 aromatic carbocycles. The molecule has 5 heteroatoms. The van der Waals surface area contributed by atoms with E-state index in [1.807, 2.05) is 6.07 Å². The van der Waals surface area contributed by atoms with Gasteiger partial charge in [0.25, 0.3) is 0 Å². The lowest BCUT2D eigenvalue weighted by Crippen LogP contribution is -2.02. The quantitative estimate of drug-likeness (QED) is 0.693. The average molecular weight is 285 g/mol. The van der Waals surface area contributed by atoms with Crippen LogP contribution in [0.3, 0.4) is 0 Å². The van der Waals surface area contributed by atoms with Gasteiger partial charge in [0.05, 0.1) is 18.5 Å². The summed E-state index contributed by atoms with van der Waals surface area (Å²) < 4.78 is 11.2. The smallest absolute Gasteiger partial charge is 0.225 e. The number of fused-ring (bicyclic) bond motifs is 1. The molecular formula is C16H19N3O2. The molecule has 0 atom stereocenters. The summed E-state index contributed by atoms with van der Waals surface area (Å²) in [6.45, 7) is 0. The van der Waals surface area contributed by atoms with Crippen molar-refractivity contribution in [2.45, 2.75) is 32.1 Å². The van der Waals surface area contributed by atoms with Gasteiger partial charge >= 0.3 is 0 Å². The number of nitrogens with two attached hydrogens (primary N) is 1. The van der Waals surface area contributed by atoms with Crippen LogP contribution in [-0.4, -0.2) is 17.1 Å². The summed E-state index contributed by atoms with van der Waals surface area (Å²) >= 11 is 0. The Morgan fingerprint density at radius 1 is 1.10 bits per heavy atom. The third kappa shape index (κ3) is 2.91. The molecule has 1 aliphatic carbocycles. The molecule has 1 aromatic heterocycles. The van der Waals surface area contributed by atoms with Gasteiger partial charge in [0.2, 0.25) is 5.88 Å². The van der Waals surface area contributed by atoms with Crippen LogP contribution in [0.2, 0.25) is 0 Å². The first kappa shape index (κ1) is 13.7. The normalized spacial score (nSPS) is 14.1. The van der Waals surface area contributed by atoms with E-state index in [2.05, 4.69) is 9.97 Å². The molecule has 0 spiro atoms. The second-order valence-electron chi connectivity index (χ2n) is 5.17. The second kappa shape index (κ2) is 5.99. The minimum atomic E-state index is 0.566. The fourth-order valence-corrected chi connectivity index (χ4v) is 2.59. The van der Waals surface area contributed by atoms with Crippen molar-refractivity contribution in [3.8, 4) is 17.4 Å². The van der Waals surface area contributed by atoms with Gasteiger partial charge in [-0.1, -0.05) is 6.42 Å². The second-order valence-corrected chi connectivity index (χ2v) is 5.17. The minimum absolute atomic E-state index is 0.566. The van der Waals surface area contributed by atoms with E-state index >= 15 is 0 Å². The number of aromatic nitrogens is 2. The average Bonchev–Trinajstić information content (AvgIpc) is 2.75. The molecule has 0 bridgehead atoms. The van der Waals surface area contributed by atoms with E-state index in [1.165, 1.54) is 12.8 Å². The Bertz CT molecular complexity index is 643. The first-order valence-electron chi connectivity index (χ1n) is 7.22. The van der Waals surface area contributed by atoms with E-state index < -0.39 is 0 Å². The lowest BCUT2D eigenvalue weighted by atomic mass is 10.1. The number of ether oxygens (including phenoxy) is 2. The molecule has 5 nitrogen and oxygen atoms in total. The maximum absolute atomic E-state index is 5.97. The standard InChI is InChI=1S/C16H19N3O2/c1-20-11-7-8-13(17)15(9-11)21-16-12-5-3-2-4-6-14(12)18-10-19-16/h7-10H,2-6,17H2,1H3. The van der Waals surface area contributed by atoms with Crippen molar-refractivity contribution >= 4 is 5.69 Å². The Kier molecular flexibility index (Phi) is 3.90. The minimum Gasteiger partial charge on any atom is -0.497 e. The third-order valence-corrected chi connectivity index (χ3v) is 3.76. The largest absolute Gasteiger partial charge is 0.497 e. The number of benzene rings is 1. The van der Waals surface area contributed by atoms with Crippen LogP contribution in [0, 0.1) is 0 Å². The predicted octanol–water partition coefficient (Wildman–Crippen LogP) is 3.13. The van der Waals surface area contributed by atoms with Crippen LogP contribution < -0.4 is 15.2 Å². The number of anilines is 1. The van der Waals surface area contributed by atoms with Gasteiger partial charge in [0, 0.05) is 11.6 Å². The van der Waals surface area contributed by atoms with E-state index in [1.54, 1.807) is 25.6 Å². The van der Waals surface area contributed by atoms with Crippen molar-refractivity contribution in [1.82, 2.24) is 9.97 Å². The van der Waals surface area contributed by atoms with Crippen LogP contribution in [0.25, 0.3) is 0 Å². The Hall–Kier alpha value is -2.30. The van der Waals surface area contributed by atoms with Gasteiger partial charge in [-0.2, -0.15) is 0 Å². The number of methoxy groups -OCH3 is 1. The summed E-state index contributed by atoms with van der Waals surface area (Å²) in [5, 5.41) is 0. The van der Waals surface area contributed by atoms with Gasteiger partial charge in [0.1, 0.15) is 12.1 Å². The van der Waals surface area contributed by atoms with Crippen LogP contribution in [0.5, 0.6) is 17.4 Å². The van der Waals surface area contributed by atoms with Crippen molar-refractivity contribution in [2.75, 3.05) is 12.8 Å². The molecule has 2 aromatic rings. The van der Waals surface area contributed by atoms with Crippen LogP contribution in [0.4, 0.5) is 5.69 Å². The maximum Gasteiger partial charge on any atom is 0.225 e. The number of aryl methyl sites for hydroxylation is 1. The molecule has 0 radical (unpaired) electrons. The molecule has 0 saturated carbocycles. The predicted molar refractivity (Wildman–Crippen MR) is 80.8 cm³/mol. The highest BCUT2D eigenvalue weighted by Gasteiger charge is 2.16. The zero-order valence-corrected chi connectivity index (χ0v) is 12.1. The Labute approximate surface area is 124 Å². The molecule has 0 unspecified atom stereocenters. The van der Waals surface area contributed by atoms with Crippen LogP contribution in [-0.2, 0) is 12.8 Å². The lowest BCUT2D eigenvalue weighted by Gasteiger charge is -2.13. The SMILES string of the molecule is COc1ccc(N)c(Oc2ncnc3c2CCCCC3)c1. The van der Waals surface area contributed by atoms with Gasteiger partial charge in [-0.15, -0.1) is 0 Å². The molecule has 0 saturated heterocycles. The van der Waals surface area contributed by atoms with Gasteiger partial charge in [-0.05, 0) is 37.8 Å². The van der Waals surface area contributed by atoms with Crippen molar-refractivity contribution in [2.24, 2.45) is 0 Å². The Morgan fingerprint density at radius 3 is 2.81 bits per heavy atom. The molecule has 0 aliphatic heterocycles. The van der Waals surface area contributed by atoms with Crippen molar-refractivity contribution in [1.29, 1.82) is 0 Å². The zero-order valence-electron chi connectivity index (χ0n) is 12.1. The molecular weight excluding hydrogens is 266 g/mol. The maximum atomic E-state index is 5.97. The number of nitrogens with zero attached hydrogens (tertiary/aromatic N) is 2. The van der Waals surface area contributed by atoms with Crippen molar-refractivity contribution < 1.29 is 9.47 Å². The van der Waals surface area contributed by atoms with Gasteiger partial charge in [0.15, 0.2) is 5.75 Å². The molecule has 0 amide bonds. The van der Waals surface area contributed by atoms with E-state index in [0.29, 0.717) is 23.1 Å². The first-order chi connectivity index (χ1) is 10.3. The highest BCUT2D eigenvalue weighted by Crippen LogP contribution is 2.33. The Morgan fingerprint density at radius 2 is 1.95 bits per heavy atom. The van der Waals surface area contributed by atoms with Gasteiger partial charge in [-0.25, -0.2) is 9.97 Å². The third-order valence-electron chi connectivity index (χ3n) is 3.76. The van der Waals surface area contributed by atoms with E-state index in [4.69, 9.17) is 15.2 Å². The number of nitrogen functional groups attached to an aromatic ring is 1. The fourth-order valence-electron chi connectivity index (χ4n) is 2.59. The molecule has 1 aliphatic rings. The number of rotatable bonds is 3. The van der Waals surface area contributed by atoms with Crippen LogP contribution in [0.15, 0.2) is 24.5 Å². The van der Waals surface area contributed by atoms with E-state index in [9.17, 15) is 0 Å². The first-order valence-corrected chi connectivity index (χ1v) is 7.22. The summed E-state index contributed by atoms with van der Waals surface area (Å²) in [5.41, 5.74) is 8.75. The molecule has 3 rings (SSSR count). The van der Waals surface area contributed by atoms with Crippen LogP contribution >= 0.6 is 0 Å². The van der Waals surface area contributed by atoms with E-state index in [-0.39, 0.29) is 0 Å². The van der Waals surface area contributed by atoms with Crippen molar-refractivity contribution in [3.63, 3.8) is 0 Å². The molecule has 0 fully saturated rings. The summed E-state index contributed by atoms with van der Waals surface area (Å²) in [7, 11) is 1.62. The molecule has 2 N–H and O–H groups in total. The number of hydrogen-bond donors (Lipinski definition) is 1. The monoisotopic (exact) mass is 285 g/mol. The summed E-state index contributed by atoms with van der Waals surface area (Å²) in [6, 6.07) is 5.36. The summed E-state index contributed by atoms with van der Waals surface area (Å²) in [4.78, 5) is 8.69. The lowest BCUT2D eigenvalue weighted by molar-refractivity contribution is 0.407. The highest BCUT2D eigenvalue weighted by atomic mass is 16.5. The molecule has 110 valence electrons. The Balaban J connectivity index is 1.95. The highest BCUT2D eigenvalue weighted by molar-refractivity contribution is 5.57. The van der Waals surface area contributed by atoms with Gasteiger partial charge < -0.3 is 15.2 Å². The topological polar surface area (TPSA) is 70.3 Å². The fraction of sp³-hybridized carbons (Fsp3) is 0.375. The zero-order chi connectivity index (χ0) is 14.7. The molecule has 1 heterocycles.